The molecule has 0 aliphatic carbocycles. The van der Waals surface area contributed by atoms with Crippen LogP contribution < -0.4 is 5.32 Å². The average Bonchev–Trinajstić information content (AvgIpc) is 2.26. The Bertz CT molecular complexity index is 535. The lowest BCUT2D eigenvalue weighted by Crippen LogP contribution is -1.98. The molecule has 1 aromatic carbocycles. The summed E-state index contributed by atoms with van der Waals surface area (Å²) < 4.78 is 0.870. The van der Waals surface area contributed by atoms with E-state index >= 15 is 0 Å². The van der Waals surface area contributed by atoms with Gasteiger partial charge in [-0.05, 0) is 47.0 Å². The van der Waals surface area contributed by atoms with Gasteiger partial charge in [-0.1, -0.05) is 29.8 Å². The van der Waals surface area contributed by atoms with Gasteiger partial charge in [0, 0.05) is 16.4 Å². The van der Waals surface area contributed by atoms with E-state index in [0.29, 0.717) is 10.8 Å². The van der Waals surface area contributed by atoms with Crippen molar-refractivity contribution in [2.24, 2.45) is 0 Å². The van der Waals surface area contributed by atoms with Gasteiger partial charge in [-0.15, -0.1) is 0 Å². The molecular formula is C13H12BrClN2. The number of benzene rings is 1. The van der Waals surface area contributed by atoms with Crippen molar-refractivity contribution in [3.63, 3.8) is 0 Å². The molecule has 0 saturated carbocycles. The first-order valence-corrected chi connectivity index (χ1v) is 6.39. The van der Waals surface area contributed by atoms with Crippen LogP contribution in [0.15, 0.2) is 34.9 Å². The van der Waals surface area contributed by atoms with Crippen LogP contribution in [0.25, 0.3) is 0 Å². The van der Waals surface area contributed by atoms with Crippen LogP contribution in [0.4, 0.5) is 11.5 Å². The van der Waals surface area contributed by atoms with Crippen molar-refractivity contribution in [2.75, 3.05) is 5.32 Å². The Morgan fingerprint density at radius 3 is 2.47 bits per heavy atom. The first-order chi connectivity index (χ1) is 8.08. The van der Waals surface area contributed by atoms with E-state index in [4.69, 9.17) is 11.6 Å². The van der Waals surface area contributed by atoms with Gasteiger partial charge in [-0.25, -0.2) is 4.98 Å². The largest absolute Gasteiger partial charge is 0.339 e. The van der Waals surface area contributed by atoms with Gasteiger partial charge in [0.05, 0.1) is 5.02 Å². The zero-order valence-corrected chi connectivity index (χ0v) is 11.9. The molecule has 0 unspecified atom stereocenters. The zero-order chi connectivity index (χ0) is 12.4. The Morgan fingerprint density at radius 1 is 1.24 bits per heavy atom. The average molecular weight is 312 g/mol. The number of pyridine rings is 1. The third kappa shape index (κ3) is 2.79. The molecule has 2 nitrogen and oxygen atoms in total. The van der Waals surface area contributed by atoms with Crippen molar-refractivity contribution in [3.05, 3.63) is 51.1 Å². The van der Waals surface area contributed by atoms with Crippen molar-refractivity contribution in [3.8, 4) is 0 Å². The highest BCUT2D eigenvalue weighted by Crippen LogP contribution is 2.29. The summed E-state index contributed by atoms with van der Waals surface area (Å²) in [6.07, 6.45) is 1.72. The lowest BCUT2D eigenvalue weighted by atomic mass is 10.1. The predicted molar refractivity (Wildman–Crippen MR) is 76.1 cm³/mol. The molecule has 1 aromatic heterocycles. The molecular weight excluding hydrogens is 300 g/mol. The highest BCUT2D eigenvalue weighted by molar-refractivity contribution is 9.10. The van der Waals surface area contributed by atoms with Crippen LogP contribution in [0, 0.1) is 13.8 Å². The maximum atomic E-state index is 6.13. The molecule has 1 N–H and O–H groups in total. The number of aryl methyl sites for hydroxylation is 2. The van der Waals surface area contributed by atoms with E-state index in [2.05, 4.69) is 52.2 Å². The molecule has 1 heterocycles. The Morgan fingerprint density at radius 2 is 1.88 bits per heavy atom. The van der Waals surface area contributed by atoms with Crippen molar-refractivity contribution < 1.29 is 0 Å². The van der Waals surface area contributed by atoms with E-state index in [1.165, 1.54) is 11.1 Å². The first kappa shape index (κ1) is 12.4. The topological polar surface area (TPSA) is 24.9 Å². The van der Waals surface area contributed by atoms with Crippen LogP contribution in [0.2, 0.25) is 5.02 Å². The van der Waals surface area contributed by atoms with E-state index in [1.54, 1.807) is 6.20 Å². The van der Waals surface area contributed by atoms with Crippen LogP contribution in [0.5, 0.6) is 0 Å². The maximum absolute atomic E-state index is 6.13. The Labute approximate surface area is 114 Å². The van der Waals surface area contributed by atoms with E-state index in [9.17, 15) is 0 Å². The number of para-hydroxylation sites is 1. The molecule has 0 amide bonds. The van der Waals surface area contributed by atoms with Crippen LogP contribution in [-0.4, -0.2) is 4.98 Å². The standard InChI is InChI=1S/C13H12BrClN2/c1-8-4-3-5-9(2)12(8)17-13-11(15)6-10(14)7-16-13/h3-7H,1-2H3,(H,16,17). The summed E-state index contributed by atoms with van der Waals surface area (Å²) in [4.78, 5) is 4.27. The Hall–Kier alpha value is -1.06. The second-order valence-corrected chi connectivity index (χ2v) is 5.20. The van der Waals surface area contributed by atoms with Crippen molar-refractivity contribution in [1.82, 2.24) is 4.98 Å². The van der Waals surface area contributed by atoms with Crippen molar-refractivity contribution in [2.45, 2.75) is 13.8 Å². The first-order valence-electron chi connectivity index (χ1n) is 5.22. The third-order valence-electron chi connectivity index (χ3n) is 2.53. The molecule has 0 saturated heterocycles. The molecule has 0 bridgehead atoms. The molecule has 17 heavy (non-hydrogen) atoms. The van der Waals surface area contributed by atoms with Gasteiger partial charge >= 0.3 is 0 Å². The number of aromatic nitrogens is 1. The second-order valence-electron chi connectivity index (χ2n) is 3.88. The van der Waals surface area contributed by atoms with Gasteiger partial charge in [0.15, 0.2) is 0 Å². The van der Waals surface area contributed by atoms with Gasteiger partial charge < -0.3 is 5.32 Å². The SMILES string of the molecule is Cc1cccc(C)c1Nc1ncc(Br)cc1Cl. The quantitative estimate of drug-likeness (QED) is 0.857. The zero-order valence-electron chi connectivity index (χ0n) is 9.59. The molecule has 0 aliphatic rings. The number of nitrogens with one attached hydrogen (secondary N) is 1. The highest BCUT2D eigenvalue weighted by Gasteiger charge is 2.06. The molecule has 2 aromatic rings. The van der Waals surface area contributed by atoms with Crippen LogP contribution in [0.1, 0.15) is 11.1 Å². The fourth-order valence-corrected chi connectivity index (χ4v) is 2.31. The maximum Gasteiger partial charge on any atom is 0.149 e. The number of nitrogens with zero attached hydrogens (tertiary/aromatic N) is 1. The summed E-state index contributed by atoms with van der Waals surface area (Å²) >= 11 is 9.47. The number of rotatable bonds is 2. The molecule has 0 spiro atoms. The lowest BCUT2D eigenvalue weighted by Gasteiger charge is -2.12. The van der Waals surface area contributed by atoms with E-state index in [0.717, 1.165) is 10.2 Å². The second kappa shape index (κ2) is 5.07. The monoisotopic (exact) mass is 310 g/mol. The minimum atomic E-state index is 0.599. The van der Waals surface area contributed by atoms with Gasteiger partial charge in [0.1, 0.15) is 5.82 Å². The molecule has 88 valence electrons. The molecule has 4 heteroatoms. The summed E-state index contributed by atoms with van der Waals surface area (Å²) in [5, 5.41) is 3.87. The van der Waals surface area contributed by atoms with Crippen molar-refractivity contribution in [1.29, 1.82) is 0 Å². The Kier molecular flexibility index (Phi) is 3.69. The fraction of sp³-hybridized carbons (Fsp3) is 0.154. The number of hydrogen-bond acceptors (Lipinski definition) is 2. The van der Waals surface area contributed by atoms with E-state index in [-0.39, 0.29) is 0 Å². The highest BCUT2D eigenvalue weighted by atomic mass is 79.9. The van der Waals surface area contributed by atoms with Crippen LogP contribution >= 0.6 is 27.5 Å². The number of hydrogen-bond donors (Lipinski definition) is 1. The normalized spacial score (nSPS) is 10.4. The van der Waals surface area contributed by atoms with E-state index < -0.39 is 0 Å². The third-order valence-corrected chi connectivity index (χ3v) is 3.25. The van der Waals surface area contributed by atoms with Gasteiger partial charge in [0.2, 0.25) is 0 Å². The van der Waals surface area contributed by atoms with Gasteiger partial charge in [-0.3, -0.25) is 0 Å². The minimum Gasteiger partial charge on any atom is -0.339 e. The number of halogens is 2. The summed E-state index contributed by atoms with van der Waals surface area (Å²) in [5.41, 5.74) is 3.40. The van der Waals surface area contributed by atoms with E-state index in [1.807, 2.05) is 12.1 Å². The van der Waals surface area contributed by atoms with Gasteiger partial charge in [-0.2, -0.15) is 0 Å². The molecule has 0 aliphatic heterocycles. The predicted octanol–water partition coefficient (Wildman–Crippen LogP) is 4.86. The molecule has 0 fully saturated rings. The summed E-state index contributed by atoms with van der Waals surface area (Å²) in [7, 11) is 0. The molecule has 2 rings (SSSR count). The minimum absolute atomic E-state index is 0.599. The smallest absolute Gasteiger partial charge is 0.149 e. The number of anilines is 2. The summed E-state index contributed by atoms with van der Waals surface area (Å²) in [6, 6.07) is 7.97. The lowest BCUT2D eigenvalue weighted by molar-refractivity contribution is 1.27. The van der Waals surface area contributed by atoms with Crippen LogP contribution in [0.3, 0.4) is 0 Å². The molecule has 0 radical (unpaired) electrons. The van der Waals surface area contributed by atoms with Crippen molar-refractivity contribution >= 4 is 39.0 Å². The van der Waals surface area contributed by atoms with Gasteiger partial charge in [0.25, 0.3) is 0 Å². The Balaban J connectivity index is 2.38. The summed E-state index contributed by atoms with van der Waals surface area (Å²) in [6.45, 7) is 4.12. The fourth-order valence-electron chi connectivity index (χ4n) is 1.64. The summed E-state index contributed by atoms with van der Waals surface area (Å²) in [5.74, 6) is 0.673. The van der Waals surface area contributed by atoms with Crippen LogP contribution in [-0.2, 0) is 0 Å². The molecule has 0 atom stereocenters.